The minimum absolute atomic E-state index is 0.0959. The summed E-state index contributed by atoms with van der Waals surface area (Å²) in [6.45, 7) is 3.72. The van der Waals surface area contributed by atoms with E-state index in [0.717, 1.165) is 11.1 Å². The summed E-state index contributed by atoms with van der Waals surface area (Å²) in [4.78, 5) is 0.0959. The SMILES string of the molecule is CCOc1cc(CNCCc2ccc(S(N)(=O)=O)cc2)c(Cl)cc1OCc1c(Cl)cccc1Cl. The van der Waals surface area contributed by atoms with E-state index in [1.54, 1.807) is 36.4 Å². The van der Waals surface area contributed by atoms with Crippen LogP contribution in [0.25, 0.3) is 0 Å². The standard InChI is InChI=1S/C24H25Cl3N2O4S/c1-2-32-23-12-17(14-29-11-10-16-6-8-18(9-7-16)34(28,30)31)22(27)13-24(23)33-15-19-20(25)4-3-5-21(19)26/h3-9,12-13,29H,2,10-11,14-15H2,1H3,(H2,28,30,31). The second-order valence-electron chi connectivity index (χ2n) is 7.43. The molecule has 3 aromatic rings. The molecule has 3 N–H and O–H groups in total. The molecule has 182 valence electrons. The molecule has 0 amide bonds. The molecule has 0 aromatic heterocycles. The zero-order valence-electron chi connectivity index (χ0n) is 18.5. The van der Waals surface area contributed by atoms with E-state index in [2.05, 4.69) is 5.32 Å². The van der Waals surface area contributed by atoms with Crippen LogP contribution in [0.1, 0.15) is 23.6 Å². The van der Waals surface area contributed by atoms with Crippen molar-refractivity contribution < 1.29 is 17.9 Å². The van der Waals surface area contributed by atoms with E-state index in [1.165, 1.54) is 12.1 Å². The number of nitrogens with two attached hydrogens (primary N) is 1. The van der Waals surface area contributed by atoms with E-state index in [-0.39, 0.29) is 11.5 Å². The van der Waals surface area contributed by atoms with Crippen LogP contribution in [-0.4, -0.2) is 21.6 Å². The molecule has 10 heteroatoms. The van der Waals surface area contributed by atoms with Crippen LogP contribution in [0.15, 0.2) is 59.5 Å². The Bertz CT molecular complexity index is 1220. The maximum absolute atomic E-state index is 11.4. The van der Waals surface area contributed by atoms with Gasteiger partial charge in [-0.1, -0.05) is 53.0 Å². The monoisotopic (exact) mass is 542 g/mol. The maximum Gasteiger partial charge on any atom is 0.238 e. The lowest BCUT2D eigenvalue weighted by molar-refractivity contribution is 0.269. The van der Waals surface area contributed by atoms with Gasteiger partial charge in [0.05, 0.1) is 11.5 Å². The van der Waals surface area contributed by atoms with Crippen LogP contribution in [0.3, 0.4) is 0 Å². The molecule has 0 saturated carbocycles. The molecule has 34 heavy (non-hydrogen) atoms. The molecule has 0 aliphatic heterocycles. The normalized spacial score (nSPS) is 11.4. The summed E-state index contributed by atoms with van der Waals surface area (Å²) in [5, 5.41) is 10.1. The molecule has 0 atom stereocenters. The van der Waals surface area contributed by atoms with Crippen LogP contribution in [0.2, 0.25) is 15.1 Å². The minimum atomic E-state index is -3.69. The molecule has 0 aliphatic carbocycles. The highest BCUT2D eigenvalue weighted by Gasteiger charge is 2.14. The van der Waals surface area contributed by atoms with Gasteiger partial charge in [0, 0.05) is 33.2 Å². The third-order valence-electron chi connectivity index (χ3n) is 5.00. The van der Waals surface area contributed by atoms with Crippen molar-refractivity contribution >= 4 is 44.8 Å². The topological polar surface area (TPSA) is 90.6 Å². The smallest absolute Gasteiger partial charge is 0.238 e. The Morgan fingerprint density at radius 2 is 1.56 bits per heavy atom. The Labute approximate surface area is 215 Å². The molecule has 3 rings (SSSR count). The van der Waals surface area contributed by atoms with Gasteiger partial charge in [-0.05, 0) is 61.3 Å². The second-order valence-corrected chi connectivity index (χ2v) is 10.2. The quantitative estimate of drug-likeness (QED) is 0.307. The van der Waals surface area contributed by atoms with Gasteiger partial charge in [-0.3, -0.25) is 0 Å². The third-order valence-corrected chi connectivity index (χ3v) is 6.99. The Hall–Kier alpha value is -2.00. The average Bonchev–Trinajstić information content (AvgIpc) is 2.78. The number of rotatable bonds is 11. The molecule has 0 fully saturated rings. The molecule has 0 heterocycles. The Balaban J connectivity index is 1.62. The fourth-order valence-corrected chi connectivity index (χ4v) is 4.46. The van der Waals surface area contributed by atoms with Crippen molar-refractivity contribution in [3.05, 3.63) is 86.4 Å². The third kappa shape index (κ3) is 7.25. The average molecular weight is 544 g/mol. The highest BCUT2D eigenvalue weighted by Crippen LogP contribution is 2.35. The van der Waals surface area contributed by atoms with Crippen LogP contribution in [0, 0.1) is 0 Å². The fourth-order valence-electron chi connectivity index (χ4n) is 3.22. The minimum Gasteiger partial charge on any atom is -0.490 e. The molecule has 3 aromatic carbocycles. The molecule has 0 aliphatic rings. The van der Waals surface area contributed by atoms with Crippen molar-refractivity contribution in [1.82, 2.24) is 5.32 Å². The summed E-state index contributed by atoms with van der Waals surface area (Å²) in [6, 6.07) is 15.4. The van der Waals surface area contributed by atoms with Gasteiger partial charge in [0.2, 0.25) is 10.0 Å². The van der Waals surface area contributed by atoms with Crippen molar-refractivity contribution in [3.63, 3.8) is 0 Å². The Morgan fingerprint density at radius 3 is 2.18 bits per heavy atom. The lowest BCUT2D eigenvalue weighted by atomic mass is 10.1. The highest BCUT2D eigenvalue weighted by atomic mass is 35.5. The van der Waals surface area contributed by atoms with Crippen molar-refractivity contribution in [2.45, 2.75) is 31.4 Å². The predicted molar refractivity (Wildman–Crippen MR) is 137 cm³/mol. The van der Waals surface area contributed by atoms with Crippen LogP contribution < -0.4 is 19.9 Å². The summed E-state index contributed by atoms with van der Waals surface area (Å²) in [7, 11) is -3.69. The van der Waals surface area contributed by atoms with Crippen LogP contribution in [0.4, 0.5) is 0 Å². The largest absolute Gasteiger partial charge is 0.490 e. The molecule has 0 saturated heterocycles. The van der Waals surface area contributed by atoms with Gasteiger partial charge < -0.3 is 14.8 Å². The number of nitrogens with one attached hydrogen (secondary N) is 1. The van der Waals surface area contributed by atoms with Crippen LogP contribution in [0.5, 0.6) is 11.5 Å². The van der Waals surface area contributed by atoms with E-state index < -0.39 is 10.0 Å². The number of ether oxygens (including phenoxy) is 2. The molecular weight excluding hydrogens is 519 g/mol. The van der Waals surface area contributed by atoms with Gasteiger partial charge in [0.15, 0.2) is 11.5 Å². The molecular formula is C24H25Cl3N2O4S. The Kier molecular flexibility index (Phi) is 9.47. The first-order valence-corrected chi connectivity index (χ1v) is 13.2. The maximum atomic E-state index is 11.4. The second kappa shape index (κ2) is 12.1. The van der Waals surface area contributed by atoms with Crippen LogP contribution >= 0.6 is 34.8 Å². The van der Waals surface area contributed by atoms with Gasteiger partial charge in [-0.25, -0.2) is 13.6 Å². The zero-order chi connectivity index (χ0) is 24.7. The molecule has 0 spiro atoms. The molecule has 0 radical (unpaired) electrons. The van der Waals surface area contributed by atoms with E-state index in [4.69, 9.17) is 49.4 Å². The first-order valence-electron chi connectivity index (χ1n) is 10.5. The van der Waals surface area contributed by atoms with Gasteiger partial charge in [0.25, 0.3) is 0 Å². The summed E-state index contributed by atoms with van der Waals surface area (Å²) >= 11 is 19.0. The summed E-state index contributed by atoms with van der Waals surface area (Å²) in [5.41, 5.74) is 2.54. The summed E-state index contributed by atoms with van der Waals surface area (Å²) < 4.78 is 34.4. The van der Waals surface area contributed by atoms with Crippen LogP contribution in [-0.2, 0) is 29.6 Å². The van der Waals surface area contributed by atoms with Gasteiger partial charge in [-0.2, -0.15) is 0 Å². The first kappa shape index (κ1) is 26.6. The number of hydrogen-bond acceptors (Lipinski definition) is 5. The number of primary sulfonamides is 1. The van der Waals surface area contributed by atoms with Crippen molar-refractivity contribution in [2.75, 3.05) is 13.2 Å². The summed E-state index contributed by atoms with van der Waals surface area (Å²) in [5.74, 6) is 1.08. The van der Waals surface area contributed by atoms with E-state index >= 15 is 0 Å². The van der Waals surface area contributed by atoms with E-state index in [0.29, 0.717) is 58.2 Å². The van der Waals surface area contributed by atoms with E-state index in [1.807, 2.05) is 13.0 Å². The highest BCUT2D eigenvalue weighted by molar-refractivity contribution is 7.89. The van der Waals surface area contributed by atoms with Gasteiger partial charge in [0.1, 0.15) is 6.61 Å². The zero-order valence-corrected chi connectivity index (χ0v) is 21.6. The number of benzene rings is 3. The van der Waals surface area contributed by atoms with Crippen molar-refractivity contribution in [1.29, 1.82) is 0 Å². The molecule has 0 unspecified atom stereocenters. The lowest BCUT2D eigenvalue weighted by Crippen LogP contribution is -2.17. The number of sulfonamides is 1. The van der Waals surface area contributed by atoms with Gasteiger partial charge >= 0.3 is 0 Å². The summed E-state index contributed by atoms with van der Waals surface area (Å²) in [6.07, 6.45) is 0.709. The fraction of sp³-hybridized carbons (Fsp3) is 0.250. The lowest BCUT2D eigenvalue weighted by Gasteiger charge is -2.16. The molecule has 6 nitrogen and oxygen atoms in total. The van der Waals surface area contributed by atoms with Crippen molar-refractivity contribution in [3.8, 4) is 11.5 Å². The van der Waals surface area contributed by atoms with E-state index in [9.17, 15) is 8.42 Å². The Morgan fingerprint density at radius 1 is 0.912 bits per heavy atom. The predicted octanol–water partition coefficient (Wildman–Crippen LogP) is 5.60. The van der Waals surface area contributed by atoms with Crippen molar-refractivity contribution in [2.24, 2.45) is 5.14 Å². The molecule has 0 bridgehead atoms. The number of halogens is 3. The van der Waals surface area contributed by atoms with Gasteiger partial charge in [-0.15, -0.1) is 0 Å². The number of hydrogen-bond donors (Lipinski definition) is 2. The first-order chi connectivity index (χ1) is 16.2.